The fraction of sp³-hybridized carbons (Fsp3) is 0.389. The Balaban J connectivity index is 1.54. The fourth-order valence-corrected chi connectivity index (χ4v) is 3.56. The second kappa shape index (κ2) is 8.31. The van der Waals surface area contributed by atoms with Crippen LogP contribution in [-0.2, 0) is 24.3 Å². The molecule has 1 aliphatic heterocycles. The van der Waals surface area contributed by atoms with Crippen molar-refractivity contribution in [2.24, 2.45) is 4.99 Å². The van der Waals surface area contributed by atoms with Gasteiger partial charge in [-0.05, 0) is 43.2 Å². The third-order valence-electron chi connectivity index (χ3n) is 3.89. The van der Waals surface area contributed by atoms with E-state index in [1.165, 1.54) is 21.9 Å². The van der Waals surface area contributed by atoms with Crippen molar-refractivity contribution in [1.29, 1.82) is 0 Å². The quantitative estimate of drug-likeness (QED) is 0.633. The molecule has 2 aromatic rings. The van der Waals surface area contributed by atoms with Crippen molar-refractivity contribution in [1.82, 2.24) is 10.6 Å². The largest absolute Gasteiger partial charge is 0.467 e. The van der Waals surface area contributed by atoms with Crippen molar-refractivity contribution >= 4 is 17.3 Å². The highest BCUT2D eigenvalue weighted by Gasteiger charge is 2.16. The fourth-order valence-electron chi connectivity index (χ4n) is 2.73. The Hall–Kier alpha value is -2.12. The Bertz CT molecular complexity index is 761. The summed E-state index contributed by atoms with van der Waals surface area (Å²) in [7, 11) is 1.74. The molecule has 134 valence electrons. The molecular formula is C18H22FN3O2S. The third-order valence-corrected chi connectivity index (χ3v) is 4.89. The van der Waals surface area contributed by atoms with Gasteiger partial charge in [0.2, 0.25) is 0 Å². The smallest absolute Gasteiger partial charge is 0.191 e. The molecule has 1 aliphatic rings. The van der Waals surface area contributed by atoms with E-state index in [0.717, 1.165) is 29.4 Å². The molecule has 3 rings (SSSR count). The number of nitrogens with zero attached hydrogens (tertiary/aromatic N) is 1. The number of benzene rings is 1. The lowest BCUT2D eigenvalue weighted by Crippen LogP contribution is -2.37. The zero-order valence-corrected chi connectivity index (χ0v) is 15.2. The highest BCUT2D eigenvalue weighted by atomic mass is 32.1. The van der Waals surface area contributed by atoms with Crippen LogP contribution < -0.4 is 15.4 Å². The molecule has 7 heteroatoms. The maximum atomic E-state index is 13.8. The van der Waals surface area contributed by atoms with Crippen molar-refractivity contribution in [2.45, 2.75) is 26.5 Å². The van der Waals surface area contributed by atoms with Crippen LogP contribution in [0, 0.1) is 12.7 Å². The molecule has 1 aromatic heterocycles. The lowest BCUT2D eigenvalue weighted by molar-refractivity contribution is -0.0172. The van der Waals surface area contributed by atoms with E-state index in [-0.39, 0.29) is 12.6 Å². The summed E-state index contributed by atoms with van der Waals surface area (Å²) in [6.07, 6.45) is 0.638. The number of thiophene rings is 1. The summed E-state index contributed by atoms with van der Waals surface area (Å²) in [4.78, 5) is 6.77. The second-order valence-corrected chi connectivity index (χ2v) is 7.15. The Labute approximate surface area is 150 Å². The average Bonchev–Trinajstić information content (AvgIpc) is 3.03. The van der Waals surface area contributed by atoms with Gasteiger partial charge in [0.15, 0.2) is 12.8 Å². The lowest BCUT2D eigenvalue weighted by atomic mass is 10.1. The molecule has 0 saturated carbocycles. The van der Waals surface area contributed by atoms with Gasteiger partial charge in [0.05, 0.1) is 13.2 Å². The minimum atomic E-state index is -0.265. The van der Waals surface area contributed by atoms with Crippen LogP contribution in [-0.4, -0.2) is 26.3 Å². The number of aliphatic imine (C=N–C) groups is 1. The number of rotatable bonds is 5. The van der Waals surface area contributed by atoms with Crippen molar-refractivity contribution in [2.75, 3.05) is 20.4 Å². The summed E-state index contributed by atoms with van der Waals surface area (Å²) < 4.78 is 24.5. The first kappa shape index (κ1) is 17.7. The van der Waals surface area contributed by atoms with E-state index in [9.17, 15) is 4.39 Å². The van der Waals surface area contributed by atoms with Gasteiger partial charge >= 0.3 is 0 Å². The number of aryl methyl sites for hydroxylation is 1. The third kappa shape index (κ3) is 4.70. The Morgan fingerprint density at radius 3 is 2.96 bits per heavy atom. The highest BCUT2D eigenvalue weighted by molar-refractivity contribution is 7.11. The molecule has 1 aromatic carbocycles. The van der Waals surface area contributed by atoms with Crippen LogP contribution in [0.15, 0.2) is 29.3 Å². The standard InChI is InChI=1S/C18H22FN3O2S/c1-12-3-4-16(25-12)9-22-18(20-2)21-6-5-13-7-15(19)8-14-10-23-11-24-17(13)14/h3-4,7-8H,5-6,9-11H2,1-2H3,(H2,20,21,22). The molecule has 0 saturated heterocycles. The molecule has 25 heavy (non-hydrogen) atoms. The Morgan fingerprint density at radius 2 is 2.20 bits per heavy atom. The number of hydrogen-bond acceptors (Lipinski definition) is 4. The number of guanidine groups is 1. The minimum Gasteiger partial charge on any atom is -0.467 e. The summed E-state index contributed by atoms with van der Waals surface area (Å²) in [5, 5.41) is 6.54. The van der Waals surface area contributed by atoms with Gasteiger partial charge in [0.25, 0.3) is 0 Å². The van der Waals surface area contributed by atoms with Crippen LogP contribution in [0.5, 0.6) is 5.75 Å². The molecule has 2 heterocycles. The van der Waals surface area contributed by atoms with Gasteiger partial charge in [0.1, 0.15) is 11.6 Å². The molecule has 0 fully saturated rings. The summed E-state index contributed by atoms with van der Waals surface area (Å²) >= 11 is 1.76. The van der Waals surface area contributed by atoms with E-state index in [4.69, 9.17) is 9.47 Å². The van der Waals surface area contributed by atoms with Gasteiger partial charge in [-0.25, -0.2) is 4.39 Å². The maximum absolute atomic E-state index is 13.8. The zero-order valence-electron chi connectivity index (χ0n) is 14.4. The van der Waals surface area contributed by atoms with Crippen molar-refractivity contribution in [3.8, 4) is 5.75 Å². The molecular weight excluding hydrogens is 341 g/mol. The monoisotopic (exact) mass is 363 g/mol. The Kier molecular flexibility index (Phi) is 5.88. The van der Waals surface area contributed by atoms with Crippen LogP contribution in [0.2, 0.25) is 0 Å². The molecule has 0 bridgehead atoms. The summed E-state index contributed by atoms with van der Waals surface area (Å²) in [5.41, 5.74) is 1.60. The van der Waals surface area contributed by atoms with E-state index in [0.29, 0.717) is 19.6 Å². The van der Waals surface area contributed by atoms with Gasteiger partial charge in [-0.2, -0.15) is 0 Å². The molecule has 0 aliphatic carbocycles. The van der Waals surface area contributed by atoms with Crippen LogP contribution >= 0.6 is 11.3 Å². The zero-order chi connectivity index (χ0) is 17.6. The van der Waals surface area contributed by atoms with E-state index in [1.54, 1.807) is 18.4 Å². The normalized spacial score (nSPS) is 14.0. The molecule has 0 unspecified atom stereocenters. The molecule has 0 spiro atoms. The molecule has 2 N–H and O–H groups in total. The second-order valence-electron chi connectivity index (χ2n) is 5.78. The average molecular weight is 363 g/mol. The van der Waals surface area contributed by atoms with Crippen LogP contribution in [0.25, 0.3) is 0 Å². The first-order valence-corrected chi connectivity index (χ1v) is 8.99. The van der Waals surface area contributed by atoms with Gasteiger partial charge in [-0.15, -0.1) is 11.3 Å². The predicted molar refractivity (Wildman–Crippen MR) is 97.6 cm³/mol. The number of hydrogen-bond donors (Lipinski definition) is 2. The van der Waals surface area contributed by atoms with E-state index >= 15 is 0 Å². The van der Waals surface area contributed by atoms with Crippen LogP contribution in [0.4, 0.5) is 4.39 Å². The minimum absolute atomic E-state index is 0.211. The number of nitrogens with one attached hydrogen (secondary N) is 2. The molecule has 5 nitrogen and oxygen atoms in total. The molecule has 0 radical (unpaired) electrons. The summed E-state index contributed by atoms with van der Waals surface area (Å²) in [5.74, 6) is 1.20. The number of halogens is 1. The van der Waals surface area contributed by atoms with Crippen molar-refractivity contribution < 1.29 is 13.9 Å². The van der Waals surface area contributed by atoms with E-state index in [1.807, 2.05) is 0 Å². The maximum Gasteiger partial charge on any atom is 0.191 e. The Morgan fingerprint density at radius 1 is 1.32 bits per heavy atom. The van der Waals surface area contributed by atoms with Gasteiger partial charge in [-0.3, -0.25) is 4.99 Å². The highest BCUT2D eigenvalue weighted by Crippen LogP contribution is 2.29. The van der Waals surface area contributed by atoms with Crippen LogP contribution in [0.3, 0.4) is 0 Å². The first-order valence-electron chi connectivity index (χ1n) is 8.17. The van der Waals surface area contributed by atoms with Gasteiger partial charge in [-0.1, -0.05) is 0 Å². The topological polar surface area (TPSA) is 54.9 Å². The molecule has 0 atom stereocenters. The van der Waals surface area contributed by atoms with Crippen LogP contribution in [0.1, 0.15) is 20.9 Å². The number of ether oxygens (including phenoxy) is 2. The first-order chi connectivity index (χ1) is 12.2. The summed E-state index contributed by atoms with van der Waals surface area (Å²) in [6, 6.07) is 7.21. The van der Waals surface area contributed by atoms with Gasteiger partial charge in [0, 0.05) is 28.9 Å². The molecule has 0 amide bonds. The predicted octanol–water partition coefficient (Wildman–Crippen LogP) is 2.97. The number of fused-ring (bicyclic) bond motifs is 1. The summed E-state index contributed by atoms with van der Waals surface area (Å²) in [6.45, 7) is 4.05. The van der Waals surface area contributed by atoms with Crippen molar-refractivity contribution in [3.05, 3.63) is 51.0 Å². The van der Waals surface area contributed by atoms with E-state index < -0.39 is 0 Å². The SMILES string of the molecule is CN=C(NCCc1cc(F)cc2c1OCOC2)NCc1ccc(C)s1. The lowest BCUT2D eigenvalue weighted by Gasteiger charge is -2.21. The van der Waals surface area contributed by atoms with E-state index in [2.05, 4.69) is 34.7 Å². The van der Waals surface area contributed by atoms with Gasteiger partial charge < -0.3 is 20.1 Å². The van der Waals surface area contributed by atoms with Crippen molar-refractivity contribution in [3.63, 3.8) is 0 Å².